The number of rotatable bonds is 4. The number of halogens is 1. The van der Waals surface area contributed by atoms with Crippen molar-refractivity contribution in [3.8, 4) is 0 Å². The standard InChI is InChI=1S/C18H21N5O2S.ClH/c1-13-4-6-15(7-5-13)26(24,25)23-10-8-16-17(20-12-21-18(16)23)22-14-3-2-9-19-11-14;/h4-8,10,12,14,19H,2-3,9,11H2,1H3,(H,20,21,22);1H/t14-;/m0./s1. The molecule has 2 N–H and O–H groups in total. The lowest BCUT2D eigenvalue weighted by molar-refractivity contribution is 0.479. The molecule has 0 saturated carbocycles. The molecule has 1 fully saturated rings. The molecule has 27 heavy (non-hydrogen) atoms. The van der Waals surface area contributed by atoms with Gasteiger partial charge in [-0.15, -0.1) is 12.4 Å². The number of aryl methyl sites for hydroxylation is 1. The first-order chi connectivity index (χ1) is 12.6. The maximum atomic E-state index is 13.0. The fraction of sp³-hybridized carbons (Fsp3) is 0.333. The Bertz CT molecular complexity index is 1030. The smallest absolute Gasteiger partial charge is 0.269 e. The normalized spacial score (nSPS) is 17.4. The van der Waals surface area contributed by atoms with Gasteiger partial charge in [-0.25, -0.2) is 22.4 Å². The van der Waals surface area contributed by atoms with Crippen LogP contribution in [-0.4, -0.2) is 41.5 Å². The highest BCUT2D eigenvalue weighted by Gasteiger charge is 2.22. The van der Waals surface area contributed by atoms with Gasteiger partial charge in [-0.1, -0.05) is 17.7 Å². The number of fused-ring (bicyclic) bond motifs is 1. The molecule has 2 aromatic heterocycles. The zero-order chi connectivity index (χ0) is 18.1. The number of hydrogen-bond acceptors (Lipinski definition) is 6. The fourth-order valence-corrected chi connectivity index (χ4v) is 4.53. The van der Waals surface area contributed by atoms with Gasteiger partial charge in [0.05, 0.1) is 10.3 Å². The minimum Gasteiger partial charge on any atom is -0.365 e. The highest BCUT2D eigenvalue weighted by atomic mass is 35.5. The van der Waals surface area contributed by atoms with Crippen molar-refractivity contribution < 1.29 is 8.42 Å². The van der Waals surface area contributed by atoms with Crippen molar-refractivity contribution in [2.24, 2.45) is 0 Å². The van der Waals surface area contributed by atoms with Crippen molar-refractivity contribution in [3.05, 3.63) is 48.4 Å². The number of nitrogens with one attached hydrogen (secondary N) is 2. The van der Waals surface area contributed by atoms with Gasteiger partial charge in [0.1, 0.15) is 12.1 Å². The SMILES string of the molecule is Cc1ccc(S(=O)(=O)n2ccc3c(N[C@H]4CCCNC4)ncnc32)cc1.Cl. The molecule has 9 heteroatoms. The average molecular weight is 408 g/mol. The topological polar surface area (TPSA) is 88.9 Å². The number of hydrogen-bond donors (Lipinski definition) is 2. The van der Waals surface area contributed by atoms with Crippen molar-refractivity contribution in [2.45, 2.75) is 30.7 Å². The summed E-state index contributed by atoms with van der Waals surface area (Å²) in [4.78, 5) is 8.78. The van der Waals surface area contributed by atoms with Gasteiger partial charge in [-0.3, -0.25) is 0 Å². The highest BCUT2D eigenvalue weighted by Crippen LogP contribution is 2.25. The quantitative estimate of drug-likeness (QED) is 0.691. The Balaban J connectivity index is 0.00000210. The second-order valence-corrected chi connectivity index (χ2v) is 8.39. The van der Waals surface area contributed by atoms with Gasteiger partial charge in [0.25, 0.3) is 10.0 Å². The van der Waals surface area contributed by atoms with E-state index in [4.69, 9.17) is 0 Å². The third-order valence-electron chi connectivity index (χ3n) is 4.66. The van der Waals surface area contributed by atoms with Crippen LogP contribution in [0.25, 0.3) is 11.0 Å². The Kier molecular flexibility index (Phi) is 5.69. The molecule has 0 unspecified atom stereocenters. The highest BCUT2D eigenvalue weighted by molar-refractivity contribution is 7.90. The summed E-state index contributed by atoms with van der Waals surface area (Å²) in [7, 11) is -3.70. The van der Waals surface area contributed by atoms with Crippen LogP contribution < -0.4 is 10.6 Å². The summed E-state index contributed by atoms with van der Waals surface area (Å²) >= 11 is 0. The Hall–Kier alpha value is -2.16. The van der Waals surface area contributed by atoms with Crippen LogP contribution in [0.15, 0.2) is 47.8 Å². The number of benzene rings is 1. The summed E-state index contributed by atoms with van der Waals surface area (Å²) in [5.41, 5.74) is 1.39. The average Bonchev–Trinajstić information content (AvgIpc) is 3.09. The molecule has 7 nitrogen and oxygen atoms in total. The van der Waals surface area contributed by atoms with Crippen LogP contribution in [0.3, 0.4) is 0 Å². The van der Waals surface area contributed by atoms with Gasteiger partial charge in [-0.2, -0.15) is 0 Å². The van der Waals surface area contributed by atoms with E-state index in [0.717, 1.165) is 31.5 Å². The lowest BCUT2D eigenvalue weighted by Crippen LogP contribution is -2.38. The largest absolute Gasteiger partial charge is 0.365 e. The van der Waals surface area contributed by atoms with E-state index in [1.807, 2.05) is 6.92 Å². The van der Waals surface area contributed by atoms with Gasteiger partial charge >= 0.3 is 0 Å². The van der Waals surface area contributed by atoms with E-state index in [0.29, 0.717) is 16.9 Å². The summed E-state index contributed by atoms with van der Waals surface area (Å²) < 4.78 is 27.2. The second-order valence-electron chi connectivity index (χ2n) is 6.58. The molecule has 144 valence electrons. The fourth-order valence-electron chi connectivity index (χ4n) is 3.23. The third-order valence-corrected chi connectivity index (χ3v) is 6.34. The van der Waals surface area contributed by atoms with Crippen LogP contribution in [-0.2, 0) is 10.0 Å². The number of aromatic nitrogens is 3. The Morgan fingerprint density at radius 3 is 2.67 bits per heavy atom. The third kappa shape index (κ3) is 3.78. The molecule has 0 spiro atoms. The molecule has 3 aromatic rings. The molecular formula is C18H22ClN5O2S. The predicted octanol–water partition coefficient (Wildman–Crippen LogP) is 2.56. The summed E-state index contributed by atoms with van der Waals surface area (Å²) in [6, 6.07) is 8.83. The van der Waals surface area contributed by atoms with Crippen LogP contribution >= 0.6 is 12.4 Å². The maximum Gasteiger partial charge on any atom is 0.269 e. The molecule has 1 aliphatic rings. The zero-order valence-electron chi connectivity index (χ0n) is 14.9. The lowest BCUT2D eigenvalue weighted by atomic mass is 10.1. The van der Waals surface area contributed by atoms with E-state index >= 15 is 0 Å². The van der Waals surface area contributed by atoms with E-state index < -0.39 is 10.0 Å². The maximum absolute atomic E-state index is 13.0. The van der Waals surface area contributed by atoms with Crippen LogP contribution in [0.2, 0.25) is 0 Å². The molecule has 3 heterocycles. The Morgan fingerprint density at radius 1 is 1.19 bits per heavy atom. The summed E-state index contributed by atoms with van der Waals surface area (Å²) in [6.07, 6.45) is 5.11. The van der Waals surface area contributed by atoms with Crippen molar-refractivity contribution in [2.75, 3.05) is 18.4 Å². The Labute approximate surface area is 164 Å². The summed E-state index contributed by atoms with van der Waals surface area (Å²) in [5.74, 6) is 0.668. The van der Waals surface area contributed by atoms with Crippen molar-refractivity contribution in [1.29, 1.82) is 0 Å². The molecular weight excluding hydrogens is 386 g/mol. The second kappa shape index (κ2) is 7.84. The first-order valence-corrected chi connectivity index (χ1v) is 10.1. The van der Waals surface area contributed by atoms with E-state index in [1.165, 1.54) is 10.3 Å². The summed E-state index contributed by atoms with van der Waals surface area (Å²) in [5, 5.41) is 7.47. The Morgan fingerprint density at radius 2 is 1.96 bits per heavy atom. The van der Waals surface area contributed by atoms with Gasteiger partial charge in [0, 0.05) is 18.8 Å². The minimum absolute atomic E-state index is 0. The van der Waals surface area contributed by atoms with Crippen LogP contribution in [0.5, 0.6) is 0 Å². The molecule has 4 rings (SSSR count). The van der Waals surface area contributed by atoms with Gasteiger partial charge in [0.15, 0.2) is 5.65 Å². The zero-order valence-corrected chi connectivity index (χ0v) is 16.6. The molecule has 0 bridgehead atoms. The van der Waals surface area contributed by atoms with Crippen molar-refractivity contribution in [3.63, 3.8) is 0 Å². The van der Waals surface area contributed by atoms with E-state index in [1.54, 1.807) is 36.5 Å². The number of piperidine rings is 1. The van der Waals surface area contributed by atoms with Crippen LogP contribution in [0.1, 0.15) is 18.4 Å². The first kappa shape index (κ1) is 19.6. The molecule has 1 aromatic carbocycles. The molecule has 0 radical (unpaired) electrons. The van der Waals surface area contributed by atoms with Crippen molar-refractivity contribution >= 4 is 39.3 Å². The minimum atomic E-state index is -3.70. The van der Waals surface area contributed by atoms with E-state index in [9.17, 15) is 8.42 Å². The van der Waals surface area contributed by atoms with Gasteiger partial charge in [-0.05, 0) is 44.5 Å². The number of nitrogens with zero attached hydrogens (tertiary/aromatic N) is 3. The van der Waals surface area contributed by atoms with E-state index in [-0.39, 0.29) is 23.3 Å². The van der Waals surface area contributed by atoms with Crippen molar-refractivity contribution in [1.82, 2.24) is 19.3 Å². The molecule has 1 atom stereocenters. The molecule has 0 amide bonds. The van der Waals surface area contributed by atoms with Gasteiger partial charge in [0.2, 0.25) is 0 Å². The molecule has 1 aliphatic heterocycles. The van der Waals surface area contributed by atoms with E-state index in [2.05, 4.69) is 20.6 Å². The monoisotopic (exact) mass is 407 g/mol. The number of anilines is 1. The molecule has 0 aliphatic carbocycles. The van der Waals surface area contributed by atoms with Gasteiger partial charge < -0.3 is 10.6 Å². The van der Waals surface area contributed by atoms with Crippen LogP contribution in [0, 0.1) is 6.92 Å². The molecule has 1 saturated heterocycles. The van der Waals surface area contributed by atoms with Crippen LogP contribution in [0.4, 0.5) is 5.82 Å². The lowest BCUT2D eigenvalue weighted by Gasteiger charge is -2.24. The predicted molar refractivity (Wildman–Crippen MR) is 108 cm³/mol. The first-order valence-electron chi connectivity index (χ1n) is 8.67. The summed E-state index contributed by atoms with van der Waals surface area (Å²) in [6.45, 7) is 3.82.